The van der Waals surface area contributed by atoms with Crippen LogP contribution in [0.1, 0.15) is 13.8 Å². The van der Waals surface area contributed by atoms with Crippen LogP contribution in [0.15, 0.2) is 55.4 Å². The van der Waals surface area contributed by atoms with Crippen molar-refractivity contribution in [1.29, 1.82) is 0 Å². The molecule has 13 heteroatoms. The maximum atomic E-state index is 13.6. The highest BCUT2D eigenvalue weighted by atomic mass is 35.5. The Labute approximate surface area is 242 Å². The van der Waals surface area contributed by atoms with Crippen molar-refractivity contribution in [2.24, 2.45) is 0 Å². The Kier molecular flexibility index (Phi) is 10.9. The molecule has 0 aliphatic heterocycles. The predicted molar refractivity (Wildman–Crippen MR) is 160 cm³/mol. The highest BCUT2D eigenvalue weighted by Crippen LogP contribution is 2.44. The fraction of sp³-hybridized carbons (Fsp3) is 0.259. The van der Waals surface area contributed by atoms with Crippen molar-refractivity contribution in [3.8, 4) is 11.5 Å². The number of nitrogens with zero attached hydrogens (tertiary/aromatic N) is 3. The molecule has 3 rings (SSSR count). The lowest BCUT2D eigenvalue weighted by Gasteiger charge is -2.24. The topological polar surface area (TPSA) is 130 Å². The highest BCUT2D eigenvalue weighted by molar-refractivity contribution is 6.41. The van der Waals surface area contributed by atoms with Gasteiger partial charge >= 0.3 is 6.03 Å². The SMILES string of the molecule is C=CC(=O)Nc1ccccc1Nc1cc(N(CCNC(C)C)C(=O)Nc2c(Cl)c(OC)cc(OC)c2Cl)ncn1. The molecule has 1 heterocycles. The lowest BCUT2D eigenvalue weighted by atomic mass is 10.2. The van der Waals surface area contributed by atoms with Gasteiger partial charge in [0.05, 0.1) is 31.3 Å². The van der Waals surface area contributed by atoms with Crippen LogP contribution in [0.3, 0.4) is 0 Å². The summed E-state index contributed by atoms with van der Waals surface area (Å²) in [6.45, 7) is 8.21. The van der Waals surface area contributed by atoms with Gasteiger partial charge in [-0.1, -0.05) is 55.8 Å². The average molecular weight is 588 g/mol. The highest BCUT2D eigenvalue weighted by Gasteiger charge is 2.24. The third kappa shape index (κ3) is 7.75. The van der Waals surface area contributed by atoms with Gasteiger partial charge in [0.25, 0.3) is 0 Å². The Bertz CT molecular complexity index is 1340. The molecule has 3 amide bonds. The molecule has 0 aliphatic carbocycles. The van der Waals surface area contributed by atoms with E-state index in [4.69, 9.17) is 32.7 Å². The van der Waals surface area contributed by atoms with Crippen molar-refractivity contribution in [3.63, 3.8) is 0 Å². The molecule has 40 heavy (non-hydrogen) atoms. The number of amides is 3. The quantitative estimate of drug-likeness (QED) is 0.198. The number of aromatic nitrogens is 2. The number of halogens is 2. The number of rotatable bonds is 12. The zero-order valence-corrected chi connectivity index (χ0v) is 24.1. The van der Waals surface area contributed by atoms with Crippen LogP contribution in [0, 0.1) is 0 Å². The Morgan fingerprint density at radius 1 is 1.02 bits per heavy atom. The van der Waals surface area contributed by atoms with Crippen molar-refractivity contribution in [2.75, 3.05) is 48.2 Å². The fourth-order valence-corrected chi connectivity index (χ4v) is 4.14. The molecule has 11 nitrogen and oxygen atoms in total. The molecule has 0 saturated heterocycles. The molecule has 0 spiro atoms. The first-order valence-corrected chi connectivity index (χ1v) is 13.0. The molecule has 1 aromatic heterocycles. The Balaban J connectivity index is 1.94. The summed E-state index contributed by atoms with van der Waals surface area (Å²) in [5, 5.41) is 12.2. The van der Waals surface area contributed by atoms with E-state index < -0.39 is 6.03 Å². The number of urea groups is 1. The zero-order valence-electron chi connectivity index (χ0n) is 22.5. The van der Waals surface area contributed by atoms with Crippen molar-refractivity contribution in [1.82, 2.24) is 15.3 Å². The molecule has 0 fully saturated rings. The summed E-state index contributed by atoms with van der Waals surface area (Å²) in [7, 11) is 2.89. The van der Waals surface area contributed by atoms with Gasteiger partial charge in [-0.2, -0.15) is 0 Å². The van der Waals surface area contributed by atoms with Gasteiger partial charge in [0.15, 0.2) is 0 Å². The number of nitrogens with one attached hydrogen (secondary N) is 4. The van der Waals surface area contributed by atoms with E-state index in [0.29, 0.717) is 29.6 Å². The molecular formula is C27H31Cl2N7O4. The summed E-state index contributed by atoms with van der Waals surface area (Å²) >= 11 is 13.0. The first-order chi connectivity index (χ1) is 19.2. The molecule has 0 unspecified atom stereocenters. The number of ether oxygens (including phenoxy) is 2. The summed E-state index contributed by atoms with van der Waals surface area (Å²) in [6, 6.07) is 9.89. The Morgan fingerprint density at radius 2 is 1.68 bits per heavy atom. The first-order valence-electron chi connectivity index (χ1n) is 12.2. The summed E-state index contributed by atoms with van der Waals surface area (Å²) in [5.74, 6) is 0.892. The Hall–Kier alpha value is -4.06. The standard InChI is InChI=1S/C27H31Cl2N7O4/c1-6-23(37)34-18-10-8-7-9-17(18)33-21-14-22(32-15-31-21)36(12-11-30-16(2)3)27(38)35-26-24(28)19(39-4)13-20(40-5)25(26)29/h6-10,13-16,30H,1,11-12H2,2-5H3,(H,34,37)(H,35,38)(H,31,32,33). The fourth-order valence-electron chi connectivity index (χ4n) is 3.54. The monoisotopic (exact) mass is 587 g/mol. The van der Waals surface area contributed by atoms with E-state index >= 15 is 0 Å². The number of hydrogen-bond donors (Lipinski definition) is 4. The minimum atomic E-state index is -0.548. The van der Waals surface area contributed by atoms with Crippen LogP contribution in [0.5, 0.6) is 11.5 Å². The minimum absolute atomic E-state index is 0.116. The molecule has 2 aromatic carbocycles. The second kappa shape index (κ2) is 14.4. The average Bonchev–Trinajstić information content (AvgIpc) is 2.94. The number of carbonyl (C=O) groups excluding carboxylic acids is 2. The molecule has 0 atom stereocenters. The van der Waals surface area contributed by atoms with Crippen LogP contribution >= 0.6 is 23.2 Å². The van der Waals surface area contributed by atoms with Crippen LogP contribution in [0.4, 0.5) is 33.5 Å². The third-order valence-electron chi connectivity index (χ3n) is 5.50. The molecule has 0 bridgehead atoms. The normalized spacial score (nSPS) is 10.6. The van der Waals surface area contributed by atoms with Gasteiger partial charge in [0, 0.05) is 31.3 Å². The van der Waals surface area contributed by atoms with Gasteiger partial charge in [-0.25, -0.2) is 14.8 Å². The van der Waals surface area contributed by atoms with E-state index in [2.05, 4.69) is 37.8 Å². The van der Waals surface area contributed by atoms with Crippen LogP contribution < -0.4 is 35.6 Å². The lowest BCUT2D eigenvalue weighted by Crippen LogP contribution is -2.41. The van der Waals surface area contributed by atoms with Crippen molar-refractivity contribution >= 4 is 63.8 Å². The molecule has 0 aliphatic rings. The van der Waals surface area contributed by atoms with Gasteiger partial charge in [0.1, 0.15) is 39.5 Å². The summed E-state index contributed by atoms with van der Waals surface area (Å²) < 4.78 is 10.6. The molecule has 212 valence electrons. The smallest absolute Gasteiger partial charge is 0.327 e. The van der Waals surface area contributed by atoms with Gasteiger partial charge in [0.2, 0.25) is 5.91 Å². The van der Waals surface area contributed by atoms with Gasteiger partial charge < -0.3 is 30.7 Å². The van der Waals surface area contributed by atoms with Gasteiger partial charge in [-0.3, -0.25) is 9.69 Å². The molecule has 0 saturated carbocycles. The van der Waals surface area contributed by atoms with E-state index in [-0.39, 0.29) is 45.7 Å². The third-order valence-corrected chi connectivity index (χ3v) is 6.25. The van der Waals surface area contributed by atoms with Crippen LogP contribution in [0.25, 0.3) is 0 Å². The van der Waals surface area contributed by atoms with Gasteiger partial charge in [-0.15, -0.1) is 0 Å². The maximum absolute atomic E-state index is 13.6. The molecule has 3 aromatic rings. The minimum Gasteiger partial charge on any atom is -0.495 e. The number of methoxy groups -OCH3 is 2. The van der Waals surface area contributed by atoms with E-state index in [1.54, 1.807) is 30.3 Å². The Morgan fingerprint density at radius 3 is 2.27 bits per heavy atom. The summed E-state index contributed by atoms with van der Waals surface area (Å²) in [5.41, 5.74) is 1.24. The number of hydrogen-bond acceptors (Lipinski definition) is 8. The molecule has 0 radical (unpaired) electrons. The summed E-state index contributed by atoms with van der Waals surface area (Å²) in [4.78, 5) is 35.5. The van der Waals surface area contributed by atoms with E-state index in [1.807, 2.05) is 13.8 Å². The lowest BCUT2D eigenvalue weighted by molar-refractivity contribution is -0.111. The van der Waals surface area contributed by atoms with Crippen molar-refractivity contribution in [2.45, 2.75) is 19.9 Å². The van der Waals surface area contributed by atoms with Crippen LogP contribution in [0.2, 0.25) is 10.0 Å². The first kappa shape index (κ1) is 30.5. The summed E-state index contributed by atoms with van der Waals surface area (Å²) in [6.07, 6.45) is 2.50. The second-order valence-electron chi connectivity index (χ2n) is 8.60. The maximum Gasteiger partial charge on any atom is 0.327 e. The number of para-hydroxylation sites is 2. The molecular weight excluding hydrogens is 557 g/mol. The zero-order chi connectivity index (χ0) is 29.2. The van der Waals surface area contributed by atoms with E-state index in [0.717, 1.165) is 0 Å². The number of anilines is 5. The van der Waals surface area contributed by atoms with Crippen molar-refractivity contribution in [3.05, 3.63) is 65.4 Å². The number of carbonyl (C=O) groups is 2. The van der Waals surface area contributed by atoms with Crippen LogP contribution in [-0.4, -0.2) is 55.3 Å². The van der Waals surface area contributed by atoms with Gasteiger partial charge in [-0.05, 0) is 18.2 Å². The predicted octanol–water partition coefficient (Wildman–Crippen LogP) is 5.71. The largest absolute Gasteiger partial charge is 0.495 e. The van der Waals surface area contributed by atoms with Crippen LogP contribution in [-0.2, 0) is 4.79 Å². The number of benzene rings is 2. The van der Waals surface area contributed by atoms with E-state index in [9.17, 15) is 9.59 Å². The van der Waals surface area contributed by atoms with Crippen molar-refractivity contribution < 1.29 is 19.1 Å². The molecule has 4 N–H and O–H groups in total. The van der Waals surface area contributed by atoms with E-state index in [1.165, 1.54) is 37.6 Å². The second-order valence-corrected chi connectivity index (χ2v) is 9.36.